The molecule has 0 saturated carbocycles. The summed E-state index contributed by atoms with van der Waals surface area (Å²) in [5.74, 6) is 0.428. The molecule has 0 aliphatic carbocycles. The molecule has 17 heavy (non-hydrogen) atoms. The molecule has 94 valence electrons. The van der Waals surface area contributed by atoms with Crippen LogP contribution in [0, 0.1) is 6.92 Å². The third-order valence-corrected chi connectivity index (χ3v) is 3.39. The summed E-state index contributed by atoms with van der Waals surface area (Å²) in [6.45, 7) is 8.24. The zero-order valence-corrected chi connectivity index (χ0v) is 11.6. The van der Waals surface area contributed by atoms with E-state index >= 15 is 0 Å². The van der Waals surface area contributed by atoms with Gasteiger partial charge in [-0.25, -0.2) is 0 Å². The summed E-state index contributed by atoms with van der Waals surface area (Å²) < 4.78 is 0.0934. The number of hydrogen-bond acceptors (Lipinski definition) is 3. The Hall–Kier alpha value is -1.16. The first-order valence-corrected chi connectivity index (χ1v) is 6.56. The Morgan fingerprint density at radius 1 is 1.41 bits per heavy atom. The highest BCUT2D eigenvalue weighted by Crippen LogP contribution is 2.24. The molecule has 1 amide bonds. The molecule has 3 N–H and O–H groups in total. The molecule has 0 radical (unpaired) electrons. The highest BCUT2D eigenvalue weighted by Gasteiger charge is 2.13. The van der Waals surface area contributed by atoms with E-state index in [1.54, 1.807) is 11.8 Å². The predicted octanol–water partition coefficient (Wildman–Crippen LogP) is 3.05. The molecule has 1 aromatic rings. The van der Waals surface area contributed by atoms with Crippen molar-refractivity contribution in [3.63, 3.8) is 0 Å². The van der Waals surface area contributed by atoms with Crippen molar-refractivity contribution in [3.8, 4) is 0 Å². The monoisotopic (exact) mass is 252 g/mol. The Morgan fingerprint density at radius 2 is 2.06 bits per heavy atom. The van der Waals surface area contributed by atoms with Crippen LogP contribution in [0.4, 0.5) is 11.4 Å². The Kier molecular flexibility index (Phi) is 4.46. The van der Waals surface area contributed by atoms with Gasteiger partial charge in [0.15, 0.2) is 0 Å². The number of nitrogens with one attached hydrogen (secondary N) is 1. The molecule has 0 fully saturated rings. The number of thioether (sulfide) groups is 1. The van der Waals surface area contributed by atoms with Crippen LogP contribution in [0.5, 0.6) is 0 Å². The Bertz CT molecular complexity index is 410. The van der Waals surface area contributed by atoms with Gasteiger partial charge in [0, 0.05) is 4.75 Å². The summed E-state index contributed by atoms with van der Waals surface area (Å²) in [6.07, 6.45) is 0. The molecule has 0 atom stereocenters. The number of nitrogen functional groups attached to an aromatic ring is 1. The summed E-state index contributed by atoms with van der Waals surface area (Å²) in [6, 6.07) is 5.62. The van der Waals surface area contributed by atoms with Gasteiger partial charge in [-0.3, -0.25) is 4.79 Å². The van der Waals surface area contributed by atoms with Crippen LogP contribution in [0.25, 0.3) is 0 Å². The van der Waals surface area contributed by atoms with Crippen molar-refractivity contribution < 1.29 is 4.79 Å². The van der Waals surface area contributed by atoms with Gasteiger partial charge in [-0.2, -0.15) is 0 Å². The van der Waals surface area contributed by atoms with Crippen molar-refractivity contribution in [3.05, 3.63) is 23.8 Å². The lowest BCUT2D eigenvalue weighted by Crippen LogP contribution is -2.19. The Morgan fingerprint density at radius 3 is 2.59 bits per heavy atom. The van der Waals surface area contributed by atoms with Crippen LogP contribution in [0.2, 0.25) is 0 Å². The van der Waals surface area contributed by atoms with Gasteiger partial charge >= 0.3 is 0 Å². The Labute approximate surface area is 107 Å². The van der Waals surface area contributed by atoms with Gasteiger partial charge in [0.1, 0.15) is 0 Å². The van der Waals surface area contributed by atoms with Gasteiger partial charge in [0.05, 0.1) is 17.1 Å². The zero-order chi connectivity index (χ0) is 13.1. The van der Waals surface area contributed by atoms with Crippen molar-refractivity contribution >= 4 is 29.0 Å². The third kappa shape index (κ3) is 5.13. The van der Waals surface area contributed by atoms with Crippen LogP contribution >= 0.6 is 11.8 Å². The topological polar surface area (TPSA) is 55.1 Å². The fraction of sp³-hybridized carbons (Fsp3) is 0.462. The van der Waals surface area contributed by atoms with E-state index in [0.717, 1.165) is 5.56 Å². The first kappa shape index (κ1) is 13.9. The molecule has 0 unspecified atom stereocenters. The van der Waals surface area contributed by atoms with Crippen molar-refractivity contribution in [1.82, 2.24) is 0 Å². The Balaban J connectivity index is 2.57. The fourth-order valence-electron chi connectivity index (χ4n) is 1.26. The van der Waals surface area contributed by atoms with Crippen LogP contribution in [-0.4, -0.2) is 16.4 Å². The number of rotatable bonds is 3. The number of amides is 1. The minimum absolute atomic E-state index is 0.0134. The fourth-order valence-corrected chi connectivity index (χ4v) is 1.90. The molecule has 0 saturated heterocycles. The molecule has 0 aliphatic heterocycles. The minimum Gasteiger partial charge on any atom is -0.397 e. The maximum absolute atomic E-state index is 11.7. The molecular formula is C13H20N2OS. The second-order valence-corrected chi connectivity index (χ2v) is 6.84. The van der Waals surface area contributed by atoms with Crippen LogP contribution in [0.1, 0.15) is 26.3 Å². The van der Waals surface area contributed by atoms with Gasteiger partial charge < -0.3 is 11.1 Å². The molecule has 0 aromatic heterocycles. The number of carbonyl (C=O) groups excluding carboxylic acids is 1. The number of aryl methyl sites for hydroxylation is 1. The van der Waals surface area contributed by atoms with Crippen LogP contribution in [0.3, 0.4) is 0 Å². The number of carbonyl (C=O) groups is 1. The highest BCUT2D eigenvalue weighted by molar-refractivity contribution is 8.01. The van der Waals surface area contributed by atoms with Crippen molar-refractivity contribution in [2.75, 3.05) is 16.8 Å². The number of benzene rings is 1. The normalized spacial score (nSPS) is 11.3. The number of anilines is 2. The highest BCUT2D eigenvalue weighted by atomic mass is 32.2. The van der Waals surface area contributed by atoms with E-state index in [9.17, 15) is 4.79 Å². The van der Waals surface area contributed by atoms with Crippen molar-refractivity contribution in [1.29, 1.82) is 0 Å². The quantitative estimate of drug-likeness (QED) is 0.813. The van der Waals surface area contributed by atoms with E-state index in [1.165, 1.54) is 0 Å². The predicted molar refractivity (Wildman–Crippen MR) is 76.4 cm³/mol. The molecule has 3 nitrogen and oxygen atoms in total. The molecule has 0 aliphatic rings. The molecule has 0 heterocycles. The van der Waals surface area contributed by atoms with Gasteiger partial charge in [-0.1, -0.05) is 26.8 Å². The van der Waals surface area contributed by atoms with Gasteiger partial charge in [-0.05, 0) is 24.6 Å². The summed E-state index contributed by atoms with van der Waals surface area (Å²) in [5, 5.41) is 2.83. The average molecular weight is 252 g/mol. The van der Waals surface area contributed by atoms with Gasteiger partial charge in [0.2, 0.25) is 5.91 Å². The molecular weight excluding hydrogens is 232 g/mol. The second kappa shape index (κ2) is 5.45. The second-order valence-electron chi connectivity index (χ2n) is 5.04. The van der Waals surface area contributed by atoms with Crippen molar-refractivity contribution in [2.24, 2.45) is 0 Å². The first-order valence-electron chi connectivity index (χ1n) is 5.58. The summed E-state index contributed by atoms with van der Waals surface area (Å²) in [7, 11) is 0. The standard InChI is InChI=1S/C13H20N2OS/c1-9-5-6-11(10(14)7-9)15-12(16)8-17-13(2,3)4/h5-7H,8,14H2,1-4H3,(H,15,16). The largest absolute Gasteiger partial charge is 0.397 e. The number of hydrogen-bond donors (Lipinski definition) is 2. The average Bonchev–Trinajstić information content (AvgIpc) is 2.18. The van der Waals surface area contributed by atoms with Crippen molar-refractivity contribution in [2.45, 2.75) is 32.4 Å². The lowest BCUT2D eigenvalue weighted by Gasteiger charge is -2.17. The zero-order valence-electron chi connectivity index (χ0n) is 10.8. The third-order valence-electron chi connectivity index (χ3n) is 2.12. The molecule has 0 spiro atoms. The van der Waals surface area contributed by atoms with E-state index in [0.29, 0.717) is 17.1 Å². The molecule has 1 aromatic carbocycles. The van der Waals surface area contributed by atoms with Crippen LogP contribution in [0.15, 0.2) is 18.2 Å². The van der Waals surface area contributed by atoms with E-state index in [2.05, 4.69) is 26.1 Å². The maximum atomic E-state index is 11.7. The van der Waals surface area contributed by atoms with E-state index in [4.69, 9.17) is 5.73 Å². The first-order chi connectivity index (χ1) is 7.78. The number of nitrogens with two attached hydrogens (primary N) is 1. The van der Waals surface area contributed by atoms with Gasteiger partial charge in [0.25, 0.3) is 0 Å². The van der Waals surface area contributed by atoms with E-state index < -0.39 is 0 Å². The summed E-state index contributed by atoms with van der Waals surface area (Å²) in [4.78, 5) is 11.7. The summed E-state index contributed by atoms with van der Waals surface area (Å²) >= 11 is 1.62. The van der Waals surface area contributed by atoms with E-state index in [-0.39, 0.29) is 10.7 Å². The molecule has 4 heteroatoms. The lowest BCUT2D eigenvalue weighted by atomic mass is 10.2. The lowest BCUT2D eigenvalue weighted by molar-refractivity contribution is -0.113. The smallest absolute Gasteiger partial charge is 0.234 e. The van der Waals surface area contributed by atoms with Gasteiger partial charge in [-0.15, -0.1) is 11.8 Å². The van der Waals surface area contributed by atoms with E-state index in [1.807, 2.05) is 25.1 Å². The summed E-state index contributed by atoms with van der Waals surface area (Å²) in [5.41, 5.74) is 8.22. The molecule has 1 rings (SSSR count). The van der Waals surface area contributed by atoms with Crippen LogP contribution < -0.4 is 11.1 Å². The maximum Gasteiger partial charge on any atom is 0.234 e. The van der Waals surface area contributed by atoms with Crippen LogP contribution in [-0.2, 0) is 4.79 Å². The molecule has 0 bridgehead atoms. The SMILES string of the molecule is Cc1ccc(NC(=O)CSC(C)(C)C)c(N)c1. The minimum atomic E-state index is -0.0134.